The number of aromatic nitrogens is 4. The van der Waals surface area contributed by atoms with Gasteiger partial charge in [-0.25, -0.2) is 0 Å². The first kappa shape index (κ1) is 16.1. The summed E-state index contributed by atoms with van der Waals surface area (Å²) in [4.78, 5) is 6.99. The van der Waals surface area contributed by atoms with E-state index in [-0.39, 0.29) is 0 Å². The van der Waals surface area contributed by atoms with E-state index in [1.54, 1.807) is 6.20 Å². The average molecular weight is 372 g/mol. The number of aromatic amines is 3. The van der Waals surface area contributed by atoms with E-state index < -0.39 is 0 Å². The Labute approximate surface area is 167 Å². The molecule has 5 heteroatoms. The first-order chi connectivity index (χ1) is 14.4. The Balaban J connectivity index is 1.71. The van der Waals surface area contributed by atoms with Gasteiger partial charge in [0.25, 0.3) is 0 Å². The van der Waals surface area contributed by atoms with Crippen molar-refractivity contribution in [1.29, 1.82) is 0 Å². The Hall–Kier alpha value is -3.86. The Morgan fingerprint density at radius 1 is 0.759 bits per heavy atom. The van der Waals surface area contributed by atoms with Crippen molar-refractivity contribution in [2.45, 2.75) is 0 Å². The summed E-state index contributed by atoms with van der Waals surface area (Å²) in [7, 11) is 0. The van der Waals surface area contributed by atoms with Gasteiger partial charge < -0.3 is 0 Å². The Morgan fingerprint density at radius 2 is 1.69 bits per heavy atom. The molecule has 0 fully saturated rings. The van der Waals surface area contributed by atoms with E-state index in [0.29, 0.717) is 0 Å². The topological polar surface area (TPSA) is 60.3 Å². The van der Waals surface area contributed by atoms with Crippen molar-refractivity contribution in [2.24, 2.45) is 0 Å². The fourth-order valence-electron chi connectivity index (χ4n) is 4.28. The number of hydrogen-bond acceptors (Lipinski definition) is 1. The minimum absolute atomic E-state index is 0.998. The van der Waals surface area contributed by atoms with Crippen LogP contribution < -0.4 is 0 Å². The normalized spacial score (nSPS) is 11.3. The first-order valence-electron chi connectivity index (χ1n) is 9.66. The molecule has 0 unspecified atom stereocenters. The number of fused-ring (bicyclic) bond motifs is 3. The molecule has 0 aliphatic carbocycles. The second-order valence-corrected chi connectivity index (χ2v) is 7.18. The summed E-state index contributed by atoms with van der Waals surface area (Å²) >= 11 is 0. The van der Waals surface area contributed by atoms with Crippen LogP contribution in [0.3, 0.4) is 0 Å². The molecule has 6 rings (SSSR count). The predicted molar refractivity (Wildman–Crippen MR) is 120 cm³/mol. The molecule has 4 aromatic heterocycles. The monoisotopic (exact) mass is 372 g/mol. The second kappa shape index (κ2) is 6.35. The quantitative estimate of drug-likeness (QED) is 0.366. The Morgan fingerprint density at radius 3 is 2.55 bits per heavy atom. The maximum atomic E-state index is 4.21. The summed E-state index contributed by atoms with van der Waals surface area (Å²) in [6.45, 7) is 2.18. The van der Waals surface area contributed by atoms with Crippen LogP contribution in [0.15, 0.2) is 85.1 Å². The summed E-state index contributed by atoms with van der Waals surface area (Å²) in [5, 5.41) is 9.85. The van der Waals surface area contributed by atoms with Gasteiger partial charge in [-0.3, -0.25) is 0 Å². The zero-order valence-electron chi connectivity index (χ0n) is 15.6. The third-order valence-electron chi connectivity index (χ3n) is 5.55. The molecule has 0 aliphatic rings. The molecule has 3 N–H and O–H groups in total. The minimum atomic E-state index is 0.998. The predicted octanol–water partition coefficient (Wildman–Crippen LogP) is 5.71. The van der Waals surface area contributed by atoms with E-state index in [1.165, 1.54) is 21.8 Å². The molecule has 6 aromatic rings. The van der Waals surface area contributed by atoms with Gasteiger partial charge in [0.05, 0.1) is 0 Å². The van der Waals surface area contributed by atoms with Crippen molar-refractivity contribution in [2.75, 3.05) is 0 Å². The molecule has 0 saturated carbocycles. The Kier molecular flexibility index (Phi) is 3.53. The molecule has 0 bridgehead atoms. The number of H-pyrrole nitrogens is 3. The fraction of sp³-hybridized carbons (Fsp3) is 0. The van der Waals surface area contributed by atoms with Gasteiger partial charge >= 0.3 is 168 Å². The number of nitrogens with zero attached hydrogens (tertiary/aromatic N) is 1. The number of benzene rings is 2. The summed E-state index contributed by atoms with van der Waals surface area (Å²) < 4.78 is 0. The van der Waals surface area contributed by atoms with Crippen LogP contribution in [-0.4, -0.2) is 27.1 Å². The number of para-hydroxylation sites is 2. The number of rotatable bonds is 3. The van der Waals surface area contributed by atoms with Gasteiger partial charge in [0, 0.05) is 0 Å². The molecule has 2 aromatic carbocycles. The molecule has 29 heavy (non-hydrogen) atoms. The average Bonchev–Trinajstić information content (AvgIpc) is 3.53. The number of nitrogens with one attached hydrogen (secondary N) is 3. The van der Waals surface area contributed by atoms with Crippen LogP contribution in [0.2, 0.25) is 0 Å². The second-order valence-electron chi connectivity index (χ2n) is 7.18. The summed E-state index contributed by atoms with van der Waals surface area (Å²) in [5.41, 5.74) is 9.01. The molecule has 0 aliphatic heterocycles. The molecule has 0 spiro atoms. The third-order valence-corrected chi connectivity index (χ3v) is 5.55. The molecular formula is C24H17BN4. The van der Waals surface area contributed by atoms with Crippen LogP contribution in [0.5, 0.6) is 0 Å². The fourth-order valence-corrected chi connectivity index (χ4v) is 4.28. The van der Waals surface area contributed by atoms with E-state index in [9.17, 15) is 0 Å². The van der Waals surface area contributed by atoms with Crippen LogP contribution >= 0.6 is 0 Å². The first-order valence-corrected chi connectivity index (χ1v) is 9.66. The van der Waals surface area contributed by atoms with E-state index in [4.69, 9.17) is 0 Å². The van der Waals surface area contributed by atoms with Crippen molar-refractivity contribution in [3.05, 3.63) is 85.1 Å². The van der Waals surface area contributed by atoms with Crippen molar-refractivity contribution >= 4 is 28.7 Å². The molecular weight excluding hydrogens is 355 g/mol. The summed E-state index contributed by atoms with van der Waals surface area (Å²) in [5.74, 6) is 2.12. The van der Waals surface area contributed by atoms with Gasteiger partial charge in [0.1, 0.15) is 0 Å². The standard InChI is InChI=1S/C24H17BN4/c1-2-8-20-15(5-1)16-6-3-7-18(24(16)28-20)23-22(21-11-14-27-29-21)17(10-12-25-23)19-9-4-13-26-19/h1-14,26,28H,(H,27,29). The molecule has 0 saturated heterocycles. The third kappa shape index (κ3) is 2.48. The van der Waals surface area contributed by atoms with Gasteiger partial charge in [-0.2, -0.15) is 0 Å². The van der Waals surface area contributed by atoms with Gasteiger partial charge in [0.15, 0.2) is 0 Å². The van der Waals surface area contributed by atoms with Gasteiger partial charge in [-0.15, -0.1) is 0 Å². The zero-order chi connectivity index (χ0) is 19.2. The molecule has 136 valence electrons. The van der Waals surface area contributed by atoms with Crippen molar-refractivity contribution in [3.8, 4) is 33.5 Å². The molecule has 0 atom stereocenters. The van der Waals surface area contributed by atoms with E-state index in [2.05, 4.69) is 87.6 Å². The maximum absolute atomic E-state index is 4.21. The van der Waals surface area contributed by atoms with Crippen molar-refractivity contribution < 1.29 is 0 Å². The summed E-state index contributed by atoms with van der Waals surface area (Å²) in [6, 6.07) is 23.3. The van der Waals surface area contributed by atoms with Crippen LogP contribution in [0.4, 0.5) is 0 Å². The van der Waals surface area contributed by atoms with E-state index in [1.807, 2.05) is 18.3 Å². The van der Waals surface area contributed by atoms with E-state index in [0.717, 1.165) is 33.5 Å². The van der Waals surface area contributed by atoms with Crippen LogP contribution in [0.1, 0.15) is 0 Å². The van der Waals surface area contributed by atoms with Gasteiger partial charge in [-0.1, -0.05) is 0 Å². The van der Waals surface area contributed by atoms with Crippen LogP contribution in [-0.2, 0) is 0 Å². The van der Waals surface area contributed by atoms with Crippen molar-refractivity contribution in [3.63, 3.8) is 0 Å². The Bertz CT molecular complexity index is 1440. The van der Waals surface area contributed by atoms with Crippen molar-refractivity contribution in [1.82, 2.24) is 20.2 Å². The molecule has 0 amide bonds. The zero-order valence-corrected chi connectivity index (χ0v) is 15.6. The van der Waals surface area contributed by atoms with Gasteiger partial charge in [-0.05, 0) is 0 Å². The van der Waals surface area contributed by atoms with Crippen LogP contribution in [0, 0.1) is 0 Å². The molecule has 4 heterocycles. The molecule has 0 radical (unpaired) electrons. The SMILES string of the molecule is b1ccc(-c2ccc[nH]2)c(-c2ccn[nH]2)c1-c1cccc2c1[nH]c1ccccc12. The summed E-state index contributed by atoms with van der Waals surface area (Å²) in [6.07, 6.45) is 3.76. The molecule has 4 nitrogen and oxygen atoms in total. The van der Waals surface area contributed by atoms with Crippen LogP contribution in [0.25, 0.3) is 55.3 Å². The number of hydrogen-bond donors (Lipinski definition) is 3. The van der Waals surface area contributed by atoms with Gasteiger partial charge in [0.2, 0.25) is 0 Å². The van der Waals surface area contributed by atoms with E-state index >= 15 is 0 Å².